The summed E-state index contributed by atoms with van der Waals surface area (Å²) in [7, 11) is 2.89. The maximum Gasteiger partial charge on any atom is 0.332 e. The van der Waals surface area contributed by atoms with Gasteiger partial charge in [-0.2, -0.15) is 4.98 Å². The van der Waals surface area contributed by atoms with Crippen LogP contribution in [0.5, 0.6) is 0 Å². The molecule has 0 aliphatic heterocycles. The topological polar surface area (TPSA) is 125 Å². The number of fused-ring (bicyclic) bond motifs is 1. The third-order valence-electron chi connectivity index (χ3n) is 4.36. The van der Waals surface area contributed by atoms with Crippen LogP contribution in [0.3, 0.4) is 0 Å². The molecule has 0 radical (unpaired) electrons. The van der Waals surface area contributed by atoms with Gasteiger partial charge in [-0.25, -0.2) is 9.78 Å². The van der Waals surface area contributed by atoms with Crippen molar-refractivity contribution in [1.29, 1.82) is 0 Å². The number of carbonyl (C=O) groups excluding carboxylic acids is 1. The van der Waals surface area contributed by atoms with Crippen LogP contribution in [0.4, 0.5) is 0 Å². The lowest BCUT2D eigenvalue weighted by Crippen LogP contribution is -2.37. The second kappa shape index (κ2) is 5.90. The van der Waals surface area contributed by atoms with E-state index in [0.29, 0.717) is 17.6 Å². The minimum absolute atomic E-state index is 0.0771. The number of carbonyl (C=O) groups is 1. The van der Waals surface area contributed by atoms with E-state index in [0.717, 1.165) is 17.4 Å². The molecule has 0 spiro atoms. The minimum atomic E-state index is -0.508. The number of amides is 1. The zero-order valence-electron chi connectivity index (χ0n) is 14.2. The molecule has 1 aliphatic rings. The molecule has 3 aromatic heterocycles. The first-order chi connectivity index (χ1) is 12.5. The van der Waals surface area contributed by atoms with E-state index in [2.05, 4.69) is 20.4 Å². The highest BCUT2D eigenvalue weighted by atomic mass is 16.5. The minimum Gasteiger partial charge on any atom is -0.342 e. The molecule has 0 unspecified atom stereocenters. The second-order valence-electron chi connectivity index (χ2n) is 6.28. The van der Waals surface area contributed by atoms with E-state index < -0.39 is 17.2 Å². The van der Waals surface area contributed by atoms with Crippen LogP contribution in [0.1, 0.15) is 41.0 Å². The summed E-state index contributed by atoms with van der Waals surface area (Å²) in [5, 5.41) is 6.79. The number of pyridine rings is 1. The van der Waals surface area contributed by atoms with Crippen LogP contribution < -0.4 is 16.6 Å². The Hall–Kier alpha value is -3.30. The molecule has 0 aromatic carbocycles. The first-order valence-corrected chi connectivity index (χ1v) is 8.13. The average Bonchev–Trinajstić information content (AvgIpc) is 3.40. The standard InChI is InChI=1S/C16H16N6O4/c1-21-13-9(15(24)22(2)16(21)25)5-6-10(18-13)14(23)17-7-11-19-12(20-26-11)8-3-4-8/h5-6,8H,3-4,7H2,1-2H3,(H,17,23). The maximum absolute atomic E-state index is 12.3. The number of aromatic nitrogens is 5. The summed E-state index contributed by atoms with van der Waals surface area (Å²) in [6.07, 6.45) is 2.12. The van der Waals surface area contributed by atoms with Gasteiger partial charge in [0.1, 0.15) is 11.3 Å². The molecule has 1 aliphatic carbocycles. The molecule has 1 N–H and O–H groups in total. The third-order valence-corrected chi connectivity index (χ3v) is 4.36. The van der Waals surface area contributed by atoms with Crippen molar-refractivity contribution >= 4 is 16.9 Å². The van der Waals surface area contributed by atoms with Crippen molar-refractivity contribution in [3.05, 3.63) is 50.4 Å². The Bertz CT molecular complexity index is 1140. The predicted molar refractivity (Wildman–Crippen MR) is 89.7 cm³/mol. The van der Waals surface area contributed by atoms with E-state index >= 15 is 0 Å². The average molecular weight is 356 g/mol. The molecular formula is C16H16N6O4. The van der Waals surface area contributed by atoms with Crippen molar-refractivity contribution in [1.82, 2.24) is 29.6 Å². The van der Waals surface area contributed by atoms with Crippen LogP contribution in [0.15, 0.2) is 26.2 Å². The molecule has 0 saturated heterocycles. The molecule has 3 aromatic rings. The molecule has 26 heavy (non-hydrogen) atoms. The molecule has 1 saturated carbocycles. The zero-order chi connectivity index (χ0) is 18.4. The molecule has 1 fully saturated rings. The molecule has 10 nitrogen and oxygen atoms in total. The van der Waals surface area contributed by atoms with E-state index in [1.807, 2.05) is 0 Å². The van der Waals surface area contributed by atoms with Gasteiger partial charge in [-0.3, -0.25) is 18.7 Å². The molecule has 0 atom stereocenters. The van der Waals surface area contributed by atoms with Crippen LogP contribution in [0.25, 0.3) is 11.0 Å². The van der Waals surface area contributed by atoms with Crippen molar-refractivity contribution in [2.24, 2.45) is 14.1 Å². The van der Waals surface area contributed by atoms with Gasteiger partial charge in [-0.15, -0.1) is 0 Å². The van der Waals surface area contributed by atoms with E-state index in [1.165, 1.54) is 30.8 Å². The largest absolute Gasteiger partial charge is 0.342 e. The lowest BCUT2D eigenvalue weighted by atomic mass is 10.2. The molecule has 1 amide bonds. The maximum atomic E-state index is 12.3. The summed E-state index contributed by atoms with van der Waals surface area (Å²) in [6.45, 7) is 0.0771. The van der Waals surface area contributed by atoms with Crippen LogP contribution in [0.2, 0.25) is 0 Å². The quantitative estimate of drug-likeness (QED) is 0.687. The Kier molecular flexibility index (Phi) is 3.67. The molecule has 134 valence electrons. The van der Waals surface area contributed by atoms with Gasteiger partial charge in [-0.1, -0.05) is 5.16 Å². The highest BCUT2D eigenvalue weighted by Crippen LogP contribution is 2.38. The lowest BCUT2D eigenvalue weighted by molar-refractivity contribution is 0.0941. The van der Waals surface area contributed by atoms with Crippen LogP contribution in [-0.4, -0.2) is 30.2 Å². The Morgan fingerprint density at radius 2 is 2.00 bits per heavy atom. The van der Waals surface area contributed by atoms with Gasteiger partial charge in [0.05, 0.1) is 11.9 Å². The Balaban J connectivity index is 1.58. The van der Waals surface area contributed by atoms with Crippen molar-refractivity contribution in [2.45, 2.75) is 25.3 Å². The van der Waals surface area contributed by atoms with Gasteiger partial charge in [0.15, 0.2) is 5.82 Å². The van der Waals surface area contributed by atoms with Crippen LogP contribution in [-0.2, 0) is 20.6 Å². The molecule has 0 bridgehead atoms. The van der Waals surface area contributed by atoms with Crippen LogP contribution >= 0.6 is 0 Å². The van der Waals surface area contributed by atoms with Crippen molar-refractivity contribution in [2.75, 3.05) is 0 Å². The zero-order valence-corrected chi connectivity index (χ0v) is 14.2. The van der Waals surface area contributed by atoms with E-state index in [1.54, 1.807) is 0 Å². The molecule has 3 heterocycles. The number of nitrogens with zero attached hydrogens (tertiary/aromatic N) is 5. The molecular weight excluding hydrogens is 340 g/mol. The number of hydrogen-bond donors (Lipinski definition) is 1. The van der Waals surface area contributed by atoms with Gasteiger partial charge < -0.3 is 9.84 Å². The lowest BCUT2D eigenvalue weighted by Gasteiger charge is -2.08. The highest BCUT2D eigenvalue weighted by molar-refractivity contribution is 5.94. The Morgan fingerprint density at radius 1 is 1.23 bits per heavy atom. The monoisotopic (exact) mass is 356 g/mol. The number of nitrogens with one attached hydrogen (secondary N) is 1. The SMILES string of the molecule is Cn1c(=O)c2ccc(C(=O)NCc3nc(C4CC4)no3)nc2n(C)c1=O. The van der Waals surface area contributed by atoms with E-state index in [9.17, 15) is 14.4 Å². The molecule has 4 rings (SSSR count). The van der Waals surface area contributed by atoms with Crippen molar-refractivity contribution < 1.29 is 9.32 Å². The molecule has 10 heteroatoms. The smallest absolute Gasteiger partial charge is 0.332 e. The summed E-state index contributed by atoms with van der Waals surface area (Å²) >= 11 is 0. The first-order valence-electron chi connectivity index (χ1n) is 8.13. The number of hydrogen-bond acceptors (Lipinski definition) is 7. The summed E-state index contributed by atoms with van der Waals surface area (Å²) in [5.41, 5.74) is -0.728. The summed E-state index contributed by atoms with van der Waals surface area (Å²) in [6, 6.07) is 2.92. The normalized spacial score (nSPS) is 13.9. The fourth-order valence-electron chi connectivity index (χ4n) is 2.67. The van der Waals surface area contributed by atoms with Crippen molar-refractivity contribution in [3.8, 4) is 0 Å². The Labute approximate surface area is 146 Å². The highest BCUT2D eigenvalue weighted by Gasteiger charge is 2.28. The van der Waals surface area contributed by atoms with E-state index in [-0.39, 0.29) is 23.3 Å². The first kappa shape index (κ1) is 16.2. The summed E-state index contributed by atoms with van der Waals surface area (Å²) < 4.78 is 7.33. The Morgan fingerprint density at radius 3 is 2.73 bits per heavy atom. The van der Waals surface area contributed by atoms with Gasteiger partial charge in [-0.05, 0) is 25.0 Å². The summed E-state index contributed by atoms with van der Waals surface area (Å²) in [4.78, 5) is 44.9. The predicted octanol–water partition coefficient (Wildman–Crippen LogP) is -0.177. The van der Waals surface area contributed by atoms with Crippen LogP contribution in [0, 0.1) is 0 Å². The third kappa shape index (κ3) is 2.68. The van der Waals surface area contributed by atoms with Gasteiger partial charge >= 0.3 is 5.69 Å². The number of rotatable bonds is 4. The van der Waals surface area contributed by atoms with Gasteiger partial charge in [0.2, 0.25) is 5.89 Å². The summed E-state index contributed by atoms with van der Waals surface area (Å²) in [5.74, 6) is 0.895. The van der Waals surface area contributed by atoms with Gasteiger partial charge in [0, 0.05) is 20.0 Å². The number of aryl methyl sites for hydroxylation is 1. The van der Waals surface area contributed by atoms with Crippen molar-refractivity contribution in [3.63, 3.8) is 0 Å². The fourth-order valence-corrected chi connectivity index (χ4v) is 2.67. The van der Waals surface area contributed by atoms with E-state index in [4.69, 9.17) is 4.52 Å². The van der Waals surface area contributed by atoms with Gasteiger partial charge in [0.25, 0.3) is 11.5 Å². The second-order valence-corrected chi connectivity index (χ2v) is 6.28. The fraction of sp³-hybridized carbons (Fsp3) is 0.375.